The lowest BCUT2D eigenvalue weighted by Gasteiger charge is -2.33. The first-order valence-corrected chi connectivity index (χ1v) is 6.85. The van der Waals surface area contributed by atoms with E-state index in [1.54, 1.807) is 0 Å². The third-order valence-corrected chi connectivity index (χ3v) is 4.85. The predicted molar refractivity (Wildman–Crippen MR) is 74.6 cm³/mol. The molecule has 3 aliphatic rings. The third-order valence-electron chi connectivity index (χ3n) is 4.46. The Morgan fingerprint density at radius 3 is 3.00 bits per heavy atom. The van der Waals surface area contributed by atoms with E-state index in [1.165, 1.54) is 23.4 Å². The maximum atomic E-state index is 6.28. The van der Waals surface area contributed by atoms with Crippen molar-refractivity contribution < 1.29 is 0 Å². The van der Waals surface area contributed by atoms with Gasteiger partial charge in [0.1, 0.15) is 5.84 Å². The molecule has 0 aromatic heterocycles. The largest absolute Gasteiger partial charge is 0.349 e. The van der Waals surface area contributed by atoms with Crippen LogP contribution < -0.4 is 0 Å². The number of aryl methyl sites for hydroxylation is 1. The summed E-state index contributed by atoms with van der Waals surface area (Å²) in [7, 11) is 0. The van der Waals surface area contributed by atoms with E-state index in [9.17, 15) is 0 Å². The van der Waals surface area contributed by atoms with Gasteiger partial charge < -0.3 is 4.90 Å². The molecule has 2 unspecified atom stereocenters. The number of amidine groups is 1. The van der Waals surface area contributed by atoms with Gasteiger partial charge in [-0.1, -0.05) is 23.8 Å². The first-order valence-electron chi connectivity index (χ1n) is 6.47. The lowest BCUT2D eigenvalue weighted by Crippen LogP contribution is -2.36. The summed E-state index contributed by atoms with van der Waals surface area (Å²) in [4.78, 5) is 7.37. The van der Waals surface area contributed by atoms with Gasteiger partial charge in [-0.15, -0.1) is 0 Å². The highest BCUT2D eigenvalue weighted by atomic mass is 35.5. The van der Waals surface area contributed by atoms with Crippen molar-refractivity contribution in [1.82, 2.24) is 4.90 Å². The molecule has 2 nitrogen and oxygen atoms in total. The smallest absolute Gasteiger partial charge is 0.113 e. The molecule has 2 bridgehead atoms. The summed E-state index contributed by atoms with van der Waals surface area (Å²) >= 11 is 6.28. The van der Waals surface area contributed by atoms with Crippen LogP contribution in [0.25, 0.3) is 0 Å². The average molecular weight is 259 g/mol. The zero-order chi connectivity index (χ0) is 12.4. The Labute approximate surface area is 112 Å². The van der Waals surface area contributed by atoms with Crippen molar-refractivity contribution >= 4 is 23.1 Å². The van der Waals surface area contributed by atoms with Crippen molar-refractivity contribution in [2.24, 2.45) is 10.9 Å². The van der Waals surface area contributed by atoms with Gasteiger partial charge in [-0.05, 0) is 37.5 Å². The molecule has 2 aliphatic heterocycles. The van der Waals surface area contributed by atoms with E-state index >= 15 is 0 Å². The van der Waals surface area contributed by atoms with Crippen molar-refractivity contribution in [3.8, 4) is 0 Å². The highest BCUT2D eigenvalue weighted by molar-refractivity contribution is 6.31. The van der Waals surface area contributed by atoms with Crippen LogP contribution in [-0.4, -0.2) is 16.8 Å². The fourth-order valence-corrected chi connectivity index (χ4v) is 3.63. The molecule has 1 aromatic rings. The molecule has 0 radical (unpaired) electrons. The predicted octanol–water partition coefficient (Wildman–Crippen LogP) is 3.76. The van der Waals surface area contributed by atoms with E-state index in [4.69, 9.17) is 16.6 Å². The van der Waals surface area contributed by atoms with E-state index in [2.05, 4.69) is 37.0 Å². The number of hydrogen-bond donors (Lipinski definition) is 0. The number of benzene rings is 1. The number of hydrogen-bond acceptors (Lipinski definition) is 2. The molecule has 0 spiro atoms. The van der Waals surface area contributed by atoms with E-state index in [0.29, 0.717) is 12.0 Å². The lowest BCUT2D eigenvalue weighted by atomic mass is 9.99. The molecule has 2 atom stereocenters. The summed E-state index contributed by atoms with van der Waals surface area (Å²) in [6.45, 7) is 5.20. The van der Waals surface area contributed by atoms with E-state index in [-0.39, 0.29) is 0 Å². The Hall–Kier alpha value is -1.28. The molecule has 4 rings (SSSR count). The summed E-state index contributed by atoms with van der Waals surface area (Å²) in [5.74, 6) is 1.78. The minimum absolute atomic E-state index is 0.529. The first kappa shape index (κ1) is 10.6. The molecular weight excluding hydrogens is 244 g/mol. The monoisotopic (exact) mass is 258 g/mol. The maximum absolute atomic E-state index is 6.28. The van der Waals surface area contributed by atoms with E-state index in [0.717, 1.165) is 22.8 Å². The number of rotatable bonds is 0. The zero-order valence-electron chi connectivity index (χ0n) is 10.6. The molecule has 1 fully saturated rings. The average Bonchev–Trinajstić information content (AvgIpc) is 2.96. The normalized spacial score (nSPS) is 27.3. The fraction of sp³-hybridized carbons (Fsp3) is 0.400. The molecule has 92 valence electrons. The summed E-state index contributed by atoms with van der Waals surface area (Å²) in [5.41, 5.74) is 4.85. The van der Waals surface area contributed by atoms with Gasteiger partial charge in [0, 0.05) is 29.1 Å². The van der Waals surface area contributed by atoms with E-state index in [1.807, 2.05) is 0 Å². The van der Waals surface area contributed by atoms with Crippen molar-refractivity contribution in [2.75, 3.05) is 0 Å². The molecule has 0 amide bonds. The first-order chi connectivity index (χ1) is 8.65. The summed E-state index contributed by atoms with van der Waals surface area (Å²) in [5, 5.41) is 0.836. The standard InChI is InChI=1S/C15H15ClN2/c1-8-5-13(16)9(2)14-12(8)7-18-11-4-3-10(6-11)15(18)17-14/h3-5,10-11H,6-7H2,1-2H3. The van der Waals surface area contributed by atoms with Crippen LogP contribution in [0, 0.1) is 19.8 Å². The minimum atomic E-state index is 0.529. The second kappa shape index (κ2) is 3.39. The van der Waals surface area contributed by atoms with Gasteiger partial charge in [0.05, 0.1) is 5.69 Å². The number of aliphatic imine (C=N–C) groups is 1. The van der Waals surface area contributed by atoms with E-state index < -0.39 is 0 Å². The van der Waals surface area contributed by atoms with Gasteiger partial charge in [0.25, 0.3) is 0 Å². The van der Waals surface area contributed by atoms with Crippen LogP contribution in [0.4, 0.5) is 5.69 Å². The second-order valence-electron chi connectivity index (χ2n) is 5.52. The van der Waals surface area contributed by atoms with Gasteiger partial charge >= 0.3 is 0 Å². The minimum Gasteiger partial charge on any atom is -0.349 e. The lowest BCUT2D eigenvalue weighted by molar-refractivity contribution is 0.377. The Morgan fingerprint density at radius 2 is 2.17 bits per heavy atom. The van der Waals surface area contributed by atoms with Gasteiger partial charge in [-0.3, -0.25) is 0 Å². The molecule has 1 aromatic carbocycles. The SMILES string of the molecule is Cc1cc(Cl)c(C)c2c1CN1C(=N2)C2C=CC1C2. The molecule has 18 heavy (non-hydrogen) atoms. The Morgan fingerprint density at radius 1 is 1.33 bits per heavy atom. The van der Waals surface area contributed by atoms with Gasteiger partial charge in [0.15, 0.2) is 0 Å². The number of fused-ring (bicyclic) bond motifs is 6. The van der Waals surface area contributed by atoms with Crippen LogP contribution in [0.1, 0.15) is 23.1 Å². The molecule has 1 saturated heterocycles. The Bertz CT molecular complexity index is 615. The Balaban J connectivity index is 1.94. The number of nitrogens with zero attached hydrogens (tertiary/aromatic N) is 2. The van der Waals surface area contributed by atoms with Crippen molar-refractivity contribution in [3.05, 3.63) is 39.9 Å². The van der Waals surface area contributed by atoms with Crippen LogP contribution in [0.15, 0.2) is 23.2 Å². The van der Waals surface area contributed by atoms with Crippen LogP contribution >= 0.6 is 11.6 Å². The zero-order valence-corrected chi connectivity index (χ0v) is 11.3. The van der Waals surface area contributed by atoms with Crippen molar-refractivity contribution in [3.63, 3.8) is 0 Å². The third kappa shape index (κ3) is 1.22. The molecule has 2 heterocycles. The molecule has 0 saturated carbocycles. The molecule has 1 aliphatic carbocycles. The molecular formula is C15H15ClN2. The fourth-order valence-electron chi connectivity index (χ4n) is 3.38. The van der Waals surface area contributed by atoms with Crippen LogP contribution in [0.2, 0.25) is 5.02 Å². The van der Waals surface area contributed by atoms with Gasteiger partial charge in [-0.25, -0.2) is 4.99 Å². The second-order valence-corrected chi connectivity index (χ2v) is 5.93. The quantitative estimate of drug-likeness (QED) is 0.647. The van der Waals surface area contributed by atoms with Crippen LogP contribution in [0.3, 0.4) is 0 Å². The molecule has 3 heteroatoms. The number of halogens is 1. The Kier molecular flexibility index (Phi) is 2.00. The highest BCUT2D eigenvalue weighted by Crippen LogP contribution is 2.43. The van der Waals surface area contributed by atoms with Crippen molar-refractivity contribution in [2.45, 2.75) is 32.9 Å². The molecule has 0 N–H and O–H groups in total. The highest BCUT2D eigenvalue weighted by Gasteiger charge is 2.41. The summed E-state index contributed by atoms with van der Waals surface area (Å²) in [6.07, 6.45) is 5.84. The summed E-state index contributed by atoms with van der Waals surface area (Å²) in [6, 6.07) is 2.64. The van der Waals surface area contributed by atoms with Crippen LogP contribution in [0.5, 0.6) is 0 Å². The van der Waals surface area contributed by atoms with Crippen LogP contribution in [-0.2, 0) is 6.54 Å². The van der Waals surface area contributed by atoms with Gasteiger partial charge in [0.2, 0.25) is 0 Å². The topological polar surface area (TPSA) is 15.6 Å². The maximum Gasteiger partial charge on any atom is 0.113 e. The van der Waals surface area contributed by atoms with Crippen molar-refractivity contribution in [1.29, 1.82) is 0 Å². The summed E-state index contributed by atoms with van der Waals surface area (Å²) < 4.78 is 0. The van der Waals surface area contributed by atoms with Gasteiger partial charge in [-0.2, -0.15) is 0 Å².